The Balaban J connectivity index is 1.93. The molecule has 6 nitrogen and oxygen atoms in total. The van der Waals surface area contributed by atoms with Crippen molar-refractivity contribution in [2.75, 3.05) is 38.7 Å². The minimum atomic E-state index is -0.201. The summed E-state index contributed by atoms with van der Waals surface area (Å²) in [6.07, 6.45) is -0.0971. The number of anilines is 1. The van der Waals surface area contributed by atoms with Gasteiger partial charge in [-0.1, -0.05) is 0 Å². The van der Waals surface area contributed by atoms with Crippen LogP contribution in [0.4, 0.5) is 5.69 Å². The maximum absolute atomic E-state index is 12.1. The molecule has 0 bridgehead atoms. The highest BCUT2D eigenvalue weighted by Gasteiger charge is 2.16. The first-order chi connectivity index (χ1) is 9.69. The highest BCUT2D eigenvalue weighted by molar-refractivity contribution is 5.95. The van der Waals surface area contributed by atoms with E-state index in [4.69, 9.17) is 19.9 Å². The van der Waals surface area contributed by atoms with Crippen LogP contribution in [-0.4, -0.2) is 45.0 Å². The number of nitrogen functional groups attached to an aromatic ring is 1. The maximum atomic E-state index is 12.1. The summed E-state index contributed by atoms with van der Waals surface area (Å²) in [5.41, 5.74) is 6.74. The Hall–Kier alpha value is -1.79. The molecule has 3 N–H and O–H groups in total. The summed E-state index contributed by atoms with van der Waals surface area (Å²) in [7, 11) is 0. The van der Waals surface area contributed by atoms with Crippen molar-refractivity contribution in [3.63, 3.8) is 0 Å². The van der Waals surface area contributed by atoms with Gasteiger partial charge in [-0.3, -0.25) is 4.79 Å². The predicted molar refractivity (Wildman–Crippen MR) is 74.9 cm³/mol. The van der Waals surface area contributed by atoms with E-state index in [1.165, 1.54) is 0 Å². The fraction of sp³-hybridized carbons (Fsp3) is 0.500. The predicted octanol–water partition coefficient (Wildman–Crippen LogP) is 0.813. The van der Waals surface area contributed by atoms with Crippen LogP contribution in [-0.2, 0) is 9.47 Å². The summed E-state index contributed by atoms with van der Waals surface area (Å²) in [6.45, 7) is 4.49. The van der Waals surface area contributed by atoms with Crippen LogP contribution in [0.1, 0.15) is 17.3 Å². The molecule has 0 spiro atoms. The quantitative estimate of drug-likeness (QED) is 0.780. The number of hydrogen-bond donors (Lipinski definition) is 2. The van der Waals surface area contributed by atoms with Gasteiger partial charge in [0.15, 0.2) is 0 Å². The summed E-state index contributed by atoms with van der Waals surface area (Å²) < 4.78 is 16.1. The van der Waals surface area contributed by atoms with Crippen molar-refractivity contribution in [1.82, 2.24) is 5.32 Å². The molecule has 1 saturated heterocycles. The normalized spacial score (nSPS) is 18.6. The highest BCUT2D eigenvalue weighted by atomic mass is 16.6. The zero-order valence-corrected chi connectivity index (χ0v) is 11.6. The zero-order chi connectivity index (χ0) is 14.4. The van der Waals surface area contributed by atoms with Crippen LogP contribution in [0.2, 0.25) is 0 Å². The van der Waals surface area contributed by atoms with Gasteiger partial charge in [-0.2, -0.15) is 0 Å². The fourth-order valence-corrected chi connectivity index (χ4v) is 1.97. The SMILES string of the molecule is CCOc1cc(N)cc(C(=O)NCC2COCCO2)c1. The Morgan fingerprint density at radius 2 is 2.30 bits per heavy atom. The average molecular weight is 280 g/mol. The van der Waals surface area contributed by atoms with Crippen LogP contribution in [0.15, 0.2) is 18.2 Å². The molecule has 0 aliphatic carbocycles. The van der Waals surface area contributed by atoms with Gasteiger partial charge in [-0.15, -0.1) is 0 Å². The minimum absolute atomic E-state index is 0.0971. The zero-order valence-electron chi connectivity index (χ0n) is 11.6. The number of ether oxygens (including phenoxy) is 3. The van der Waals surface area contributed by atoms with E-state index in [0.29, 0.717) is 50.0 Å². The van der Waals surface area contributed by atoms with E-state index in [1.807, 2.05) is 6.92 Å². The van der Waals surface area contributed by atoms with Crippen molar-refractivity contribution < 1.29 is 19.0 Å². The molecule has 0 radical (unpaired) electrons. The first-order valence-electron chi connectivity index (χ1n) is 6.70. The van der Waals surface area contributed by atoms with E-state index < -0.39 is 0 Å². The highest BCUT2D eigenvalue weighted by Crippen LogP contribution is 2.19. The van der Waals surface area contributed by atoms with Gasteiger partial charge in [0.1, 0.15) is 5.75 Å². The number of benzene rings is 1. The van der Waals surface area contributed by atoms with Crippen molar-refractivity contribution in [3.05, 3.63) is 23.8 Å². The summed E-state index contributed by atoms with van der Waals surface area (Å²) >= 11 is 0. The Morgan fingerprint density at radius 1 is 1.45 bits per heavy atom. The Kier molecular flexibility index (Phi) is 5.20. The summed E-state index contributed by atoms with van der Waals surface area (Å²) in [5.74, 6) is 0.391. The molecule has 1 atom stereocenters. The topological polar surface area (TPSA) is 82.8 Å². The Labute approximate surface area is 118 Å². The number of hydrogen-bond acceptors (Lipinski definition) is 5. The Morgan fingerprint density at radius 3 is 3.00 bits per heavy atom. The van der Waals surface area contributed by atoms with Crippen LogP contribution in [0, 0.1) is 0 Å². The van der Waals surface area contributed by atoms with Gasteiger partial charge in [0.25, 0.3) is 5.91 Å². The van der Waals surface area contributed by atoms with Gasteiger partial charge in [0.05, 0.1) is 32.5 Å². The average Bonchev–Trinajstić information content (AvgIpc) is 2.45. The molecule has 2 rings (SSSR count). The van der Waals surface area contributed by atoms with Crippen molar-refractivity contribution >= 4 is 11.6 Å². The summed E-state index contributed by atoms with van der Waals surface area (Å²) in [6, 6.07) is 4.99. The number of carbonyl (C=O) groups excluding carboxylic acids is 1. The van der Waals surface area contributed by atoms with Crippen LogP contribution in [0.3, 0.4) is 0 Å². The monoisotopic (exact) mass is 280 g/mol. The molecule has 20 heavy (non-hydrogen) atoms. The van der Waals surface area contributed by atoms with Gasteiger partial charge in [0.2, 0.25) is 0 Å². The van der Waals surface area contributed by atoms with Gasteiger partial charge < -0.3 is 25.3 Å². The van der Waals surface area contributed by atoms with Crippen LogP contribution in [0.5, 0.6) is 5.75 Å². The first-order valence-corrected chi connectivity index (χ1v) is 6.70. The molecule has 1 amide bonds. The molecular weight excluding hydrogens is 260 g/mol. The molecule has 1 aromatic carbocycles. The van der Waals surface area contributed by atoms with E-state index in [0.717, 1.165) is 0 Å². The van der Waals surface area contributed by atoms with Crippen LogP contribution < -0.4 is 15.8 Å². The first kappa shape index (κ1) is 14.6. The van der Waals surface area contributed by atoms with Crippen molar-refractivity contribution in [1.29, 1.82) is 0 Å². The molecule has 0 saturated carbocycles. The van der Waals surface area contributed by atoms with E-state index in [2.05, 4.69) is 5.32 Å². The molecule has 1 aliphatic heterocycles. The second kappa shape index (κ2) is 7.12. The second-order valence-corrected chi connectivity index (χ2v) is 4.50. The number of nitrogens with one attached hydrogen (secondary N) is 1. The van der Waals surface area contributed by atoms with Crippen molar-refractivity contribution in [2.45, 2.75) is 13.0 Å². The maximum Gasteiger partial charge on any atom is 0.251 e. The molecule has 1 aliphatic rings. The van der Waals surface area contributed by atoms with E-state index in [9.17, 15) is 4.79 Å². The van der Waals surface area contributed by atoms with Gasteiger partial charge in [-0.05, 0) is 19.1 Å². The molecule has 1 heterocycles. The fourth-order valence-electron chi connectivity index (χ4n) is 1.97. The summed E-state index contributed by atoms with van der Waals surface area (Å²) in [5, 5.41) is 2.81. The smallest absolute Gasteiger partial charge is 0.251 e. The van der Waals surface area contributed by atoms with E-state index in [1.54, 1.807) is 18.2 Å². The minimum Gasteiger partial charge on any atom is -0.494 e. The van der Waals surface area contributed by atoms with Crippen LogP contribution in [0.25, 0.3) is 0 Å². The lowest BCUT2D eigenvalue weighted by Gasteiger charge is -2.23. The largest absolute Gasteiger partial charge is 0.494 e. The van der Waals surface area contributed by atoms with Crippen LogP contribution >= 0.6 is 0 Å². The molecule has 0 aromatic heterocycles. The van der Waals surface area contributed by atoms with Crippen molar-refractivity contribution in [2.24, 2.45) is 0 Å². The van der Waals surface area contributed by atoms with E-state index >= 15 is 0 Å². The van der Waals surface area contributed by atoms with E-state index in [-0.39, 0.29) is 12.0 Å². The molecule has 1 aromatic rings. The number of nitrogens with two attached hydrogens (primary N) is 1. The third-order valence-corrected chi connectivity index (χ3v) is 2.88. The third kappa shape index (κ3) is 4.11. The molecule has 1 unspecified atom stereocenters. The third-order valence-electron chi connectivity index (χ3n) is 2.88. The lowest BCUT2D eigenvalue weighted by Crippen LogP contribution is -2.39. The summed E-state index contributed by atoms with van der Waals surface area (Å²) in [4.78, 5) is 12.1. The van der Waals surface area contributed by atoms with Gasteiger partial charge >= 0.3 is 0 Å². The molecule has 1 fully saturated rings. The number of carbonyl (C=O) groups is 1. The van der Waals surface area contributed by atoms with Gasteiger partial charge in [-0.25, -0.2) is 0 Å². The lowest BCUT2D eigenvalue weighted by molar-refractivity contribution is -0.0855. The molecule has 110 valence electrons. The molecule has 6 heteroatoms. The Bertz CT molecular complexity index is 458. The number of rotatable bonds is 5. The number of amides is 1. The standard InChI is InChI=1S/C14H20N2O4/c1-2-19-12-6-10(5-11(15)7-12)14(17)16-8-13-9-18-3-4-20-13/h5-7,13H,2-4,8-9,15H2,1H3,(H,16,17). The second-order valence-electron chi connectivity index (χ2n) is 4.50. The lowest BCUT2D eigenvalue weighted by atomic mass is 10.1. The van der Waals surface area contributed by atoms with Crippen molar-refractivity contribution in [3.8, 4) is 5.75 Å². The van der Waals surface area contributed by atoms with Gasteiger partial charge in [0, 0.05) is 23.9 Å². The molecular formula is C14H20N2O4.